The van der Waals surface area contributed by atoms with E-state index in [9.17, 15) is 4.79 Å². The summed E-state index contributed by atoms with van der Waals surface area (Å²) in [6, 6.07) is 1.91. The minimum Gasteiger partial charge on any atom is -0.437 e. The normalized spacial score (nSPS) is 11.7. The van der Waals surface area contributed by atoms with E-state index in [-0.39, 0.29) is 5.97 Å². The molecule has 0 aromatic carbocycles. The summed E-state index contributed by atoms with van der Waals surface area (Å²) in [7, 11) is 0.595. The number of carbonyl (C=O) groups is 1. The van der Waals surface area contributed by atoms with Crippen LogP contribution in [0, 0.1) is 11.3 Å². The fraction of sp³-hybridized carbons (Fsp3) is 0.333. The molecule has 10 heavy (non-hydrogen) atoms. The Bertz CT molecular complexity index is 214. The van der Waals surface area contributed by atoms with Crippen molar-refractivity contribution in [2.75, 3.05) is 0 Å². The van der Waals surface area contributed by atoms with Crippen LogP contribution in [0.15, 0.2) is 11.0 Å². The van der Waals surface area contributed by atoms with Crippen LogP contribution in [0.1, 0.15) is 13.8 Å². The molecule has 0 radical (unpaired) electrons. The highest BCUT2D eigenvalue weighted by atomic mass is 28.1. The van der Waals surface area contributed by atoms with Gasteiger partial charge in [0.2, 0.25) is 0 Å². The summed E-state index contributed by atoms with van der Waals surface area (Å²) >= 11 is 0. The van der Waals surface area contributed by atoms with Crippen molar-refractivity contribution >= 4 is 16.2 Å². The highest BCUT2D eigenvalue weighted by Crippen LogP contribution is 1.99. The molecule has 0 saturated carbocycles. The zero-order chi connectivity index (χ0) is 8.15. The first-order valence-electron chi connectivity index (χ1n) is 2.84. The lowest BCUT2D eigenvalue weighted by atomic mass is 10.4. The summed E-state index contributed by atoms with van der Waals surface area (Å²) < 4.78 is 4.68. The second-order valence-corrected chi connectivity index (χ2v) is 2.79. The van der Waals surface area contributed by atoms with Crippen LogP contribution in [0.25, 0.3) is 0 Å². The highest BCUT2D eigenvalue weighted by Gasteiger charge is 1.98. The van der Waals surface area contributed by atoms with Crippen LogP contribution >= 0.6 is 0 Å². The Hall–Kier alpha value is -1.08. The van der Waals surface area contributed by atoms with E-state index in [0.717, 1.165) is 0 Å². The van der Waals surface area contributed by atoms with E-state index in [1.54, 1.807) is 6.92 Å². The predicted molar refractivity (Wildman–Crippen MR) is 40.0 cm³/mol. The summed E-state index contributed by atoms with van der Waals surface area (Å²) in [5, 5.41) is 8.85. The molecule has 0 aliphatic carbocycles. The molecule has 0 heterocycles. The topological polar surface area (TPSA) is 50.1 Å². The fourth-order valence-corrected chi connectivity index (χ4v) is 0.770. The van der Waals surface area contributed by atoms with E-state index >= 15 is 0 Å². The summed E-state index contributed by atoms with van der Waals surface area (Å²) in [4.78, 5) is 10.3. The maximum absolute atomic E-state index is 10.3. The standard InChI is InChI=1S/C6H9NO2Si/c1-4(3-7)6(10)9-5(2)8/h1-2,10H3. The van der Waals surface area contributed by atoms with Gasteiger partial charge in [0.15, 0.2) is 0 Å². The van der Waals surface area contributed by atoms with Crippen LogP contribution in [0.2, 0.25) is 0 Å². The second kappa shape index (κ2) is 3.85. The summed E-state index contributed by atoms with van der Waals surface area (Å²) in [6.45, 7) is 2.95. The van der Waals surface area contributed by atoms with Crippen LogP contribution < -0.4 is 0 Å². The van der Waals surface area contributed by atoms with Gasteiger partial charge in [-0.1, -0.05) is 0 Å². The van der Waals surface area contributed by atoms with Crippen molar-refractivity contribution in [2.24, 2.45) is 0 Å². The number of allylic oxidation sites excluding steroid dienone is 1. The van der Waals surface area contributed by atoms with Gasteiger partial charge in [-0.15, -0.1) is 0 Å². The van der Waals surface area contributed by atoms with E-state index in [2.05, 4.69) is 4.74 Å². The molecule has 4 heteroatoms. The Kier molecular flexibility index (Phi) is 3.43. The van der Waals surface area contributed by atoms with Gasteiger partial charge >= 0.3 is 5.97 Å². The third-order valence-electron chi connectivity index (χ3n) is 0.993. The summed E-state index contributed by atoms with van der Waals surface area (Å²) in [5.74, 6) is -0.361. The van der Waals surface area contributed by atoms with Crippen molar-refractivity contribution in [1.82, 2.24) is 0 Å². The quantitative estimate of drug-likeness (QED) is 0.225. The Morgan fingerprint density at radius 2 is 2.10 bits per heavy atom. The zero-order valence-electron chi connectivity index (χ0n) is 6.26. The van der Waals surface area contributed by atoms with E-state index in [4.69, 9.17) is 5.26 Å². The Morgan fingerprint density at radius 1 is 1.60 bits per heavy atom. The van der Waals surface area contributed by atoms with Gasteiger partial charge < -0.3 is 4.74 Å². The molecule has 0 unspecified atom stereocenters. The second-order valence-electron chi connectivity index (χ2n) is 1.89. The number of rotatable bonds is 1. The number of nitrogens with zero attached hydrogens (tertiary/aromatic N) is 1. The summed E-state index contributed by atoms with van der Waals surface area (Å²) in [6.07, 6.45) is 0. The SMILES string of the molecule is CC(=O)OC([SiH3])=C(C)C#N. The Morgan fingerprint density at radius 3 is 2.40 bits per heavy atom. The van der Waals surface area contributed by atoms with Gasteiger partial charge in [0.05, 0.1) is 27.3 Å². The first-order valence-corrected chi connectivity index (χ1v) is 3.84. The lowest BCUT2D eigenvalue weighted by molar-refractivity contribution is -0.136. The maximum Gasteiger partial charge on any atom is 0.307 e. The highest BCUT2D eigenvalue weighted by molar-refractivity contribution is 6.21. The number of ether oxygens (including phenoxy) is 1. The molecule has 0 atom stereocenters. The molecule has 0 rings (SSSR count). The van der Waals surface area contributed by atoms with Crippen LogP contribution in [0.4, 0.5) is 0 Å². The first-order chi connectivity index (χ1) is 4.57. The van der Waals surface area contributed by atoms with Crippen molar-refractivity contribution in [2.45, 2.75) is 13.8 Å². The number of hydrogen-bond donors (Lipinski definition) is 0. The van der Waals surface area contributed by atoms with Crippen molar-refractivity contribution < 1.29 is 9.53 Å². The molecule has 0 aromatic heterocycles. The molecular formula is C6H9NO2Si. The van der Waals surface area contributed by atoms with Crippen LogP contribution in [-0.4, -0.2) is 16.2 Å². The van der Waals surface area contributed by atoms with Gasteiger partial charge in [-0.2, -0.15) is 5.26 Å². The minimum atomic E-state index is -0.361. The van der Waals surface area contributed by atoms with Crippen molar-refractivity contribution in [3.8, 4) is 6.07 Å². The molecule has 0 fully saturated rings. The van der Waals surface area contributed by atoms with E-state index in [1.807, 2.05) is 6.07 Å². The minimum absolute atomic E-state index is 0.361. The molecular weight excluding hydrogens is 146 g/mol. The van der Waals surface area contributed by atoms with Gasteiger partial charge in [0.25, 0.3) is 0 Å². The van der Waals surface area contributed by atoms with Crippen molar-refractivity contribution in [1.29, 1.82) is 5.26 Å². The van der Waals surface area contributed by atoms with Crippen LogP contribution in [0.5, 0.6) is 0 Å². The number of hydrogen-bond acceptors (Lipinski definition) is 3. The molecule has 3 nitrogen and oxygen atoms in total. The largest absolute Gasteiger partial charge is 0.437 e. The van der Waals surface area contributed by atoms with Crippen molar-refractivity contribution in [3.63, 3.8) is 0 Å². The summed E-state index contributed by atoms with van der Waals surface area (Å²) in [5.41, 5.74) is 0.488. The maximum atomic E-state index is 10.3. The lowest BCUT2D eigenvalue weighted by Crippen LogP contribution is -2.00. The molecule has 54 valence electrons. The van der Waals surface area contributed by atoms with Crippen molar-refractivity contribution in [3.05, 3.63) is 11.0 Å². The van der Waals surface area contributed by atoms with Gasteiger partial charge in [-0.3, -0.25) is 4.79 Å². The smallest absolute Gasteiger partial charge is 0.307 e. The van der Waals surface area contributed by atoms with Gasteiger partial charge in [0, 0.05) is 6.92 Å². The van der Waals surface area contributed by atoms with Gasteiger partial charge in [0.1, 0.15) is 0 Å². The predicted octanol–water partition coefficient (Wildman–Crippen LogP) is -0.330. The number of esters is 1. The zero-order valence-corrected chi connectivity index (χ0v) is 8.26. The monoisotopic (exact) mass is 155 g/mol. The fourth-order valence-electron chi connectivity index (χ4n) is 0.371. The molecule has 0 amide bonds. The van der Waals surface area contributed by atoms with E-state index < -0.39 is 0 Å². The number of nitriles is 1. The average molecular weight is 155 g/mol. The van der Waals surface area contributed by atoms with Crippen LogP contribution in [-0.2, 0) is 9.53 Å². The first kappa shape index (κ1) is 8.92. The molecule has 0 aromatic rings. The third kappa shape index (κ3) is 3.05. The third-order valence-corrected chi connectivity index (χ3v) is 1.95. The Labute approximate surface area is 62.7 Å². The number of carbonyl (C=O) groups excluding carboxylic acids is 1. The molecule has 0 spiro atoms. The lowest BCUT2D eigenvalue weighted by Gasteiger charge is -1.99. The molecule has 0 saturated heterocycles. The van der Waals surface area contributed by atoms with Crippen LogP contribution in [0.3, 0.4) is 0 Å². The molecule has 0 N–H and O–H groups in total. The average Bonchev–Trinajstić information content (AvgIpc) is 1.85. The van der Waals surface area contributed by atoms with Gasteiger partial charge in [-0.25, -0.2) is 0 Å². The Balaban J connectivity index is 4.23. The molecule has 0 bridgehead atoms. The molecule has 0 aliphatic rings. The van der Waals surface area contributed by atoms with Gasteiger partial charge in [-0.05, 0) is 6.92 Å². The van der Waals surface area contributed by atoms with E-state index in [0.29, 0.717) is 21.2 Å². The van der Waals surface area contributed by atoms with E-state index in [1.165, 1.54) is 6.92 Å². The molecule has 0 aliphatic heterocycles.